The Morgan fingerprint density at radius 3 is 0.783 bits per heavy atom. The first-order valence-electron chi connectivity index (χ1n) is 23.1. The van der Waals surface area contributed by atoms with E-state index in [-0.39, 0.29) is 0 Å². The Kier molecular flexibility index (Phi) is 10.7. The number of fused-ring (bicyclic) bond motifs is 11. The number of benzene rings is 9. The minimum absolute atomic E-state index is 0.802. The van der Waals surface area contributed by atoms with Crippen LogP contribution in [0.25, 0.3) is 11.0 Å². The van der Waals surface area contributed by atoms with E-state index in [1.807, 2.05) is 24.5 Å². The monoisotopic (exact) mass is 887 g/mol. The van der Waals surface area contributed by atoms with Crippen molar-refractivity contribution in [2.24, 2.45) is 0 Å². The van der Waals surface area contributed by atoms with Crippen molar-refractivity contribution < 1.29 is 0 Å². The second-order valence-corrected chi connectivity index (χ2v) is 16.8. The van der Waals surface area contributed by atoms with Crippen LogP contribution in [0.5, 0.6) is 0 Å². The molecule has 9 aromatic carbocycles. The van der Waals surface area contributed by atoms with Crippen LogP contribution in [0.3, 0.4) is 0 Å². The summed E-state index contributed by atoms with van der Waals surface area (Å²) in [5.41, 5.74) is 16.7. The topological polar surface area (TPSA) is 42.0 Å². The van der Waals surface area contributed by atoms with Crippen molar-refractivity contribution in [3.8, 4) is 0 Å². The number of para-hydroxylation sites is 4. The van der Waals surface area contributed by atoms with E-state index in [9.17, 15) is 0 Å². The lowest BCUT2D eigenvalue weighted by Gasteiger charge is -2.33. The number of hydrogen-bond acceptors (Lipinski definition) is 7. The van der Waals surface area contributed by atoms with Crippen LogP contribution in [0.4, 0.5) is 85.3 Å². The number of rotatable bonds is 5. The molecule has 2 aromatic heterocycles. The summed E-state index contributed by atoms with van der Waals surface area (Å²) >= 11 is 0. The first kappa shape index (κ1) is 41.0. The van der Waals surface area contributed by atoms with E-state index in [1.165, 1.54) is 0 Å². The minimum Gasteiger partial charge on any atom is -0.310 e. The number of nitrogens with zero attached hydrogens (tertiary/aromatic N) is 7. The summed E-state index contributed by atoms with van der Waals surface area (Å²) in [5.74, 6) is 0. The van der Waals surface area contributed by atoms with Gasteiger partial charge in [-0.15, -0.1) is 0 Å². The number of aromatic nitrogens is 2. The minimum atomic E-state index is 0.802. The second kappa shape index (κ2) is 18.1. The van der Waals surface area contributed by atoms with E-state index >= 15 is 0 Å². The van der Waals surface area contributed by atoms with Gasteiger partial charge in [-0.3, -0.25) is 9.97 Å². The molecule has 0 N–H and O–H groups in total. The maximum absolute atomic E-state index is 4.95. The molecule has 7 nitrogen and oxygen atoms in total. The molecular weight excluding hydrogens is 843 g/mol. The average molecular weight is 888 g/mol. The van der Waals surface area contributed by atoms with E-state index in [0.29, 0.717) is 0 Å². The third kappa shape index (κ3) is 7.94. The standard InChI is InChI=1S/C62H45N7/c1-5-19-46(20-6-1)65-50-27-13-28-51(41-50)66(47-21-7-2-8-22-47)53-30-15-32-55(43-53)68(49-25-11-4-12-26-49)57-34-17-36-59(45-57)69(61-38-40-63-60-37-18-39-64-62(60)61)58-35-16-33-56(44-58)67(48-23-9-3-10-24-48)54-31-14-29-52(65)42-54/h1-45H. The van der Waals surface area contributed by atoms with Crippen molar-refractivity contribution in [2.75, 3.05) is 24.5 Å². The lowest BCUT2D eigenvalue weighted by Crippen LogP contribution is -2.16. The van der Waals surface area contributed by atoms with E-state index in [1.54, 1.807) is 0 Å². The van der Waals surface area contributed by atoms with Gasteiger partial charge in [-0.05, 0) is 158 Å². The van der Waals surface area contributed by atoms with Crippen LogP contribution in [0.15, 0.2) is 273 Å². The molecule has 69 heavy (non-hydrogen) atoms. The molecule has 1 aliphatic heterocycles. The van der Waals surface area contributed by atoms with Gasteiger partial charge in [0.25, 0.3) is 0 Å². The molecule has 0 atom stereocenters. The third-order valence-electron chi connectivity index (χ3n) is 12.5. The number of pyridine rings is 2. The fraction of sp³-hybridized carbons (Fsp3) is 0. The molecule has 0 fully saturated rings. The van der Waals surface area contributed by atoms with Crippen molar-refractivity contribution in [3.05, 3.63) is 273 Å². The van der Waals surface area contributed by atoms with Gasteiger partial charge in [0.2, 0.25) is 0 Å². The summed E-state index contributed by atoms with van der Waals surface area (Å²) in [5, 5.41) is 0. The molecule has 10 bridgehead atoms. The zero-order valence-electron chi connectivity index (χ0n) is 37.6. The molecule has 0 saturated carbocycles. The summed E-state index contributed by atoms with van der Waals surface area (Å²) in [6.45, 7) is 0. The Labute approximate surface area is 402 Å². The molecule has 12 rings (SSSR count). The van der Waals surface area contributed by atoms with Crippen molar-refractivity contribution in [1.82, 2.24) is 9.97 Å². The van der Waals surface area contributed by atoms with E-state index in [0.717, 1.165) is 96.3 Å². The highest BCUT2D eigenvalue weighted by molar-refractivity contribution is 5.96. The lowest BCUT2D eigenvalue weighted by atomic mass is 10.1. The van der Waals surface area contributed by atoms with Crippen LogP contribution < -0.4 is 24.5 Å². The molecule has 0 saturated heterocycles. The van der Waals surface area contributed by atoms with Gasteiger partial charge in [-0.1, -0.05) is 103 Å². The van der Waals surface area contributed by atoms with Gasteiger partial charge in [0.1, 0.15) is 5.52 Å². The van der Waals surface area contributed by atoms with Gasteiger partial charge >= 0.3 is 0 Å². The Morgan fingerprint density at radius 2 is 0.478 bits per heavy atom. The predicted molar refractivity (Wildman–Crippen MR) is 287 cm³/mol. The Hall–Kier alpha value is -9.46. The third-order valence-corrected chi connectivity index (χ3v) is 12.5. The fourth-order valence-corrected chi connectivity index (χ4v) is 9.53. The van der Waals surface area contributed by atoms with E-state index in [4.69, 9.17) is 9.97 Å². The summed E-state index contributed by atoms with van der Waals surface area (Å²) < 4.78 is 0. The van der Waals surface area contributed by atoms with Crippen LogP contribution in [0, 0.1) is 0 Å². The van der Waals surface area contributed by atoms with Crippen molar-refractivity contribution >= 4 is 96.3 Å². The van der Waals surface area contributed by atoms with Gasteiger partial charge in [0, 0.05) is 92.0 Å². The second-order valence-electron chi connectivity index (χ2n) is 16.8. The number of anilines is 15. The Morgan fingerprint density at radius 1 is 0.203 bits per heavy atom. The van der Waals surface area contributed by atoms with Gasteiger partial charge in [-0.25, -0.2) is 0 Å². The maximum atomic E-state index is 4.95. The first-order chi connectivity index (χ1) is 34.2. The molecule has 328 valence electrons. The summed E-state index contributed by atoms with van der Waals surface area (Å²) in [6, 6.07) is 92.6. The summed E-state index contributed by atoms with van der Waals surface area (Å²) in [4.78, 5) is 21.4. The maximum Gasteiger partial charge on any atom is 0.113 e. The first-order valence-corrected chi connectivity index (χ1v) is 23.1. The highest BCUT2D eigenvalue weighted by atomic mass is 15.2. The lowest BCUT2D eigenvalue weighted by molar-refractivity contribution is 1.21. The molecule has 1 aliphatic rings. The van der Waals surface area contributed by atoms with Crippen LogP contribution in [0.1, 0.15) is 0 Å². The van der Waals surface area contributed by atoms with Crippen molar-refractivity contribution in [1.29, 1.82) is 0 Å². The van der Waals surface area contributed by atoms with Gasteiger partial charge in [0.05, 0.1) is 11.2 Å². The molecule has 7 heteroatoms. The van der Waals surface area contributed by atoms with Gasteiger partial charge < -0.3 is 24.5 Å². The predicted octanol–water partition coefficient (Wildman–Crippen LogP) is 17.3. The smallest absolute Gasteiger partial charge is 0.113 e. The van der Waals surface area contributed by atoms with Gasteiger partial charge in [0.15, 0.2) is 0 Å². The van der Waals surface area contributed by atoms with E-state index < -0.39 is 0 Å². The molecule has 0 amide bonds. The van der Waals surface area contributed by atoms with Crippen LogP contribution >= 0.6 is 0 Å². The quantitative estimate of drug-likeness (QED) is 0.171. The zero-order chi connectivity index (χ0) is 45.9. The summed E-state index contributed by atoms with van der Waals surface area (Å²) in [6.07, 6.45) is 3.72. The normalized spacial score (nSPS) is 12.5. The SMILES string of the molecule is c1ccc(N2c3cccc(c3)N(c3ccccc3)c3cccc(c3)N(c3ccccc3)c3cccc(c3)N(c3ccnc4cccnc34)c3cccc(c3)N(c3ccccc3)c3cccc2c3)cc1. The van der Waals surface area contributed by atoms with Crippen LogP contribution in [-0.4, -0.2) is 9.97 Å². The van der Waals surface area contributed by atoms with Gasteiger partial charge in [-0.2, -0.15) is 0 Å². The highest BCUT2D eigenvalue weighted by Crippen LogP contribution is 2.47. The molecule has 0 unspecified atom stereocenters. The largest absolute Gasteiger partial charge is 0.310 e. The Bertz CT molecular complexity index is 3350. The van der Waals surface area contributed by atoms with Crippen molar-refractivity contribution in [3.63, 3.8) is 0 Å². The average Bonchev–Trinajstić information content (AvgIpc) is 3.41. The van der Waals surface area contributed by atoms with Crippen LogP contribution in [0.2, 0.25) is 0 Å². The number of hydrogen-bond donors (Lipinski definition) is 0. The van der Waals surface area contributed by atoms with E-state index in [2.05, 4.69) is 273 Å². The molecule has 0 spiro atoms. The van der Waals surface area contributed by atoms with Crippen LogP contribution in [-0.2, 0) is 0 Å². The fourth-order valence-electron chi connectivity index (χ4n) is 9.53. The molecule has 0 radical (unpaired) electrons. The highest BCUT2D eigenvalue weighted by Gasteiger charge is 2.24. The Balaban J connectivity index is 1.16. The molecule has 11 aromatic rings. The zero-order valence-corrected chi connectivity index (χ0v) is 37.6. The molecular formula is C62H45N7. The molecule has 3 heterocycles. The van der Waals surface area contributed by atoms with Crippen molar-refractivity contribution in [2.45, 2.75) is 0 Å². The molecule has 0 aliphatic carbocycles. The summed E-state index contributed by atoms with van der Waals surface area (Å²) in [7, 11) is 0.